The van der Waals surface area contributed by atoms with E-state index >= 15 is 0 Å². The van der Waals surface area contributed by atoms with E-state index in [1.807, 2.05) is 0 Å². The maximum Gasteiger partial charge on any atom is 0.0459 e. The summed E-state index contributed by atoms with van der Waals surface area (Å²) in [6.07, 6.45) is 9.40. The third kappa shape index (κ3) is 1.90. The number of hydrogen-bond acceptors (Lipinski definition) is 1. The lowest BCUT2D eigenvalue weighted by atomic mass is 9.59. The summed E-state index contributed by atoms with van der Waals surface area (Å²) >= 11 is 0. The van der Waals surface area contributed by atoms with Crippen LogP contribution in [0.25, 0.3) is 10.9 Å². The summed E-state index contributed by atoms with van der Waals surface area (Å²) in [6.45, 7) is 4.79. The Hall–Kier alpha value is -1.54. The number of benzene rings is 1. The highest BCUT2D eigenvalue weighted by molar-refractivity contribution is 5.85. The van der Waals surface area contributed by atoms with E-state index in [-0.39, 0.29) is 11.5 Å². The first-order valence-corrected chi connectivity index (χ1v) is 8.64. The average Bonchev–Trinajstić information content (AvgIpc) is 2.90. The molecule has 1 aromatic heterocycles. The summed E-state index contributed by atoms with van der Waals surface area (Å²) in [5.41, 5.74) is 11.0. The zero-order valence-electron chi connectivity index (χ0n) is 13.6. The van der Waals surface area contributed by atoms with Crippen LogP contribution in [0.5, 0.6) is 0 Å². The zero-order chi connectivity index (χ0) is 15.3. The van der Waals surface area contributed by atoms with E-state index in [9.17, 15) is 0 Å². The van der Waals surface area contributed by atoms with Crippen molar-refractivity contribution < 1.29 is 0 Å². The fraction of sp³-hybridized carbons (Fsp3) is 0.500. The molecule has 4 rings (SSSR count). The smallest absolute Gasteiger partial charge is 0.0459 e. The van der Waals surface area contributed by atoms with Crippen LogP contribution in [0.2, 0.25) is 0 Å². The van der Waals surface area contributed by atoms with Crippen LogP contribution < -0.4 is 5.73 Å². The van der Waals surface area contributed by atoms with Crippen molar-refractivity contribution in [2.24, 2.45) is 17.1 Å². The summed E-state index contributed by atoms with van der Waals surface area (Å²) in [7, 11) is 0. The molecule has 1 aromatic carbocycles. The minimum Gasteiger partial charge on any atom is -0.358 e. The summed E-state index contributed by atoms with van der Waals surface area (Å²) in [5.74, 6) is 1.18. The predicted molar refractivity (Wildman–Crippen MR) is 93.0 cm³/mol. The highest BCUT2D eigenvalue weighted by Gasteiger charge is 2.44. The normalized spacial score (nSPS) is 34.8. The molecule has 1 heterocycles. The third-order valence-corrected chi connectivity index (χ3v) is 6.31. The molecule has 2 aliphatic carbocycles. The van der Waals surface area contributed by atoms with Crippen molar-refractivity contribution in [3.8, 4) is 0 Å². The van der Waals surface area contributed by atoms with Crippen molar-refractivity contribution in [1.29, 1.82) is 0 Å². The molecular weight excluding hydrogens is 268 g/mol. The summed E-state index contributed by atoms with van der Waals surface area (Å²) < 4.78 is 0. The van der Waals surface area contributed by atoms with E-state index in [1.54, 1.807) is 5.56 Å². The molecule has 0 bridgehead atoms. The van der Waals surface area contributed by atoms with Crippen molar-refractivity contribution >= 4 is 10.9 Å². The van der Waals surface area contributed by atoms with E-state index in [0.717, 1.165) is 19.3 Å². The summed E-state index contributed by atoms with van der Waals surface area (Å²) in [5, 5.41) is 1.41. The largest absolute Gasteiger partial charge is 0.358 e. The Morgan fingerprint density at radius 2 is 2.05 bits per heavy atom. The van der Waals surface area contributed by atoms with Gasteiger partial charge in [0.1, 0.15) is 0 Å². The number of nitrogens with one attached hydrogen (secondary N) is 1. The molecule has 2 heteroatoms. The van der Waals surface area contributed by atoms with Crippen molar-refractivity contribution in [1.82, 2.24) is 4.98 Å². The van der Waals surface area contributed by atoms with Crippen LogP contribution in [0.3, 0.4) is 0 Å². The molecule has 0 fully saturated rings. The quantitative estimate of drug-likeness (QED) is 0.746. The number of H-pyrrole nitrogens is 1. The first kappa shape index (κ1) is 14.1. The van der Waals surface area contributed by atoms with Gasteiger partial charge in [-0.1, -0.05) is 44.2 Å². The van der Waals surface area contributed by atoms with Crippen molar-refractivity contribution in [2.75, 3.05) is 0 Å². The van der Waals surface area contributed by atoms with Gasteiger partial charge >= 0.3 is 0 Å². The molecule has 3 N–H and O–H groups in total. The van der Waals surface area contributed by atoms with E-state index in [4.69, 9.17) is 5.73 Å². The van der Waals surface area contributed by atoms with Gasteiger partial charge in [0.05, 0.1) is 0 Å². The molecule has 4 unspecified atom stereocenters. The minimum absolute atomic E-state index is 0.133. The van der Waals surface area contributed by atoms with Crippen LogP contribution in [0.4, 0.5) is 0 Å². The van der Waals surface area contributed by atoms with Gasteiger partial charge < -0.3 is 10.7 Å². The second kappa shape index (κ2) is 4.99. The number of aryl methyl sites for hydroxylation is 1. The van der Waals surface area contributed by atoms with E-state index < -0.39 is 0 Å². The Morgan fingerprint density at radius 1 is 1.23 bits per heavy atom. The molecule has 0 radical (unpaired) electrons. The Labute approximate surface area is 132 Å². The number of hydrogen-bond donors (Lipinski definition) is 2. The number of allylic oxidation sites excluding steroid dienone is 1. The van der Waals surface area contributed by atoms with Crippen molar-refractivity contribution in [2.45, 2.75) is 51.5 Å². The van der Waals surface area contributed by atoms with E-state index in [1.165, 1.54) is 23.0 Å². The topological polar surface area (TPSA) is 41.8 Å². The lowest BCUT2D eigenvalue weighted by molar-refractivity contribution is 0.147. The number of aromatic amines is 1. The Bertz CT molecular complexity index is 726. The lowest BCUT2D eigenvalue weighted by Crippen LogP contribution is -2.47. The number of rotatable bonds is 1. The van der Waals surface area contributed by atoms with Crippen LogP contribution in [-0.4, -0.2) is 11.0 Å². The van der Waals surface area contributed by atoms with Crippen molar-refractivity contribution in [3.05, 3.63) is 47.7 Å². The second-order valence-electron chi connectivity index (χ2n) is 7.45. The highest BCUT2D eigenvalue weighted by Crippen LogP contribution is 2.50. The molecule has 2 aliphatic rings. The summed E-state index contributed by atoms with van der Waals surface area (Å²) in [4.78, 5) is 3.64. The number of para-hydroxylation sites is 1. The van der Waals surface area contributed by atoms with Gasteiger partial charge in [0.25, 0.3) is 0 Å². The number of fused-ring (bicyclic) bond motifs is 3. The Kier molecular flexibility index (Phi) is 3.19. The molecular formula is C20H26N2. The van der Waals surface area contributed by atoms with Crippen molar-refractivity contribution in [3.63, 3.8) is 0 Å². The van der Waals surface area contributed by atoms with E-state index in [0.29, 0.717) is 11.8 Å². The highest BCUT2D eigenvalue weighted by atomic mass is 14.8. The van der Waals surface area contributed by atoms with Gasteiger partial charge in [-0.3, -0.25) is 0 Å². The van der Waals surface area contributed by atoms with Gasteiger partial charge in [-0.05, 0) is 49.1 Å². The van der Waals surface area contributed by atoms with E-state index in [2.05, 4.69) is 55.2 Å². The van der Waals surface area contributed by atoms with Gasteiger partial charge in [-0.25, -0.2) is 0 Å². The fourth-order valence-corrected chi connectivity index (χ4v) is 4.98. The van der Waals surface area contributed by atoms with Gasteiger partial charge in [0, 0.05) is 28.1 Å². The zero-order valence-corrected chi connectivity index (χ0v) is 13.6. The maximum atomic E-state index is 6.56. The van der Waals surface area contributed by atoms with Gasteiger partial charge in [0.2, 0.25) is 0 Å². The third-order valence-electron chi connectivity index (χ3n) is 6.31. The molecule has 0 amide bonds. The predicted octanol–water partition coefficient (Wildman–Crippen LogP) is 4.52. The molecule has 116 valence electrons. The monoisotopic (exact) mass is 294 g/mol. The Morgan fingerprint density at radius 3 is 2.86 bits per heavy atom. The van der Waals surface area contributed by atoms with Gasteiger partial charge in [0.15, 0.2) is 0 Å². The number of nitrogens with two attached hydrogens (primary N) is 1. The van der Waals surface area contributed by atoms with Gasteiger partial charge in [-0.2, -0.15) is 0 Å². The van der Waals surface area contributed by atoms with Crippen LogP contribution in [0.15, 0.2) is 36.4 Å². The molecule has 0 saturated heterocycles. The molecule has 2 aromatic rings. The first-order valence-electron chi connectivity index (χ1n) is 8.64. The lowest BCUT2D eigenvalue weighted by Gasteiger charge is -2.47. The maximum absolute atomic E-state index is 6.56. The fourth-order valence-electron chi connectivity index (χ4n) is 4.98. The molecule has 0 saturated carbocycles. The average molecular weight is 294 g/mol. The van der Waals surface area contributed by atoms with Crippen LogP contribution in [0.1, 0.15) is 50.3 Å². The molecule has 0 aliphatic heterocycles. The van der Waals surface area contributed by atoms with Crippen LogP contribution in [-0.2, 0) is 6.42 Å². The van der Waals surface area contributed by atoms with Gasteiger partial charge in [-0.15, -0.1) is 0 Å². The number of aromatic nitrogens is 1. The SMILES string of the molecule is CC1c2c([nH]c3ccccc23)CCC1C1(C)C=CCCC1N. The Balaban J connectivity index is 1.80. The second-order valence-corrected chi connectivity index (χ2v) is 7.45. The van der Waals surface area contributed by atoms with Crippen LogP contribution >= 0.6 is 0 Å². The molecule has 0 spiro atoms. The minimum atomic E-state index is 0.133. The molecule has 4 atom stereocenters. The summed E-state index contributed by atoms with van der Waals surface area (Å²) in [6, 6.07) is 9.02. The van der Waals surface area contributed by atoms with Crippen LogP contribution in [0, 0.1) is 11.3 Å². The first-order chi connectivity index (χ1) is 10.6. The molecule has 22 heavy (non-hydrogen) atoms. The standard InChI is InChI=1S/C20H26N2/c1-13-15(20(2)12-6-5-9-18(20)21)10-11-17-19(13)14-7-3-4-8-16(14)22-17/h3-4,6-8,12-13,15,18,22H,5,9-11,21H2,1-2H3. The molecule has 2 nitrogen and oxygen atoms in total.